The molecule has 1 rings (SSSR count). The first-order valence-corrected chi connectivity index (χ1v) is 12.9. The van der Waals surface area contributed by atoms with Crippen LogP contribution in [0.1, 0.15) is 97.4 Å². The highest BCUT2D eigenvalue weighted by atomic mass is 16.6. The number of hydrogen-bond acceptors (Lipinski definition) is 4. The van der Waals surface area contributed by atoms with Crippen LogP contribution >= 0.6 is 0 Å². The lowest BCUT2D eigenvalue weighted by atomic mass is 9.93. The van der Waals surface area contributed by atoms with Gasteiger partial charge in [0.05, 0.1) is 0 Å². The van der Waals surface area contributed by atoms with E-state index >= 15 is 0 Å². The molecule has 3 atom stereocenters. The van der Waals surface area contributed by atoms with Crippen LogP contribution in [0, 0.1) is 19.8 Å². The maximum atomic E-state index is 14.1. The van der Waals surface area contributed by atoms with E-state index in [1.165, 1.54) is 0 Å². The standard InChI is InChI=1S/C28H47N3O4/c1-11-13-16-29-25(32)24(22-17-19(5)14-15-20(22)6)31(21(7)12-2)26(33)23(18(3)4)30-27(34)35-28(8,9)10/h14-15,17-18,21,23-24H,11-13,16H2,1-10H3,(H,29,32)(H,30,34). The fourth-order valence-electron chi connectivity index (χ4n) is 3.86. The van der Waals surface area contributed by atoms with Crippen LogP contribution in [0.5, 0.6) is 0 Å². The van der Waals surface area contributed by atoms with Crippen LogP contribution in [0.2, 0.25) is 0 Å². The van der Waals surface area contributed by atoms with Gasteiger partial charge in [0, 0.05) is 12.6 Å². The van der Waals surface area contributed by atoms with E-state index in [1.54, 1.807) is 25.7 Å². The van der Waals surface area contributed by atoms with Gasteiger partial charge in [0.15, 0.2) is 0 Å². The highest BCUT2D eigenvalue weighted by Crippen LogP contribution is 2.30. The number of nitrogens with zero attached hydrogens (tertiary/aromatic N) is 1. The molecule has 0 saturated carbocycles. The van der Waals surface area contributed by atoms with Crippen molar-refractivity contribution in [3.63, 3.8) is 0 Å². The van der Waals surface area contributed by atoms with Crippen LogP contribution < -0.4 is 10.6 Å². The van der Waals surface area contributed by atoms with E-state index in [9.17, 15) is 14.4 Å². The Morgan fingerprint density at radius 3 is 2.20 bits per heavy atom. The largest absolute Gasteiger partial charge is 0.444 e. The molecule has 3 amide bonds. The molecular weight excluding hydrogens is 442 g/mol. The first-order chi connectivity index (χ1) is 16.2. The summed E-state index contributed by atoms with van der Waals surface area (Å²) in [5, 5.41) is 5.81. The zero-order valence-electron chi connectivity index (χ0n) is 23.5. The summed E-state index contributed by atoms with van der Waals surface area (Å²) in [6.07, 6.45) is 1.83. The van der Waals surface area contributed by atoms with Crippen molar-refractivity contribution in [2.45, 2.75) is 112 Å². The maximum Gasteiger partial charge on any atom is 0.408 e. The normalized spacial score (nSPS) is 14.1. The number of alkyl carbamates (subject to hydrolysis) is 1. The van der Waals surface area contributed by atoms with Gasteiger partial charge in [-0.3, -0.25) is 9.59 Å². The summed E-state index contributed by atoms with van der Waals surface area (Å²) in [5.41, 5.74) is 2.06. The molecule has 0 aliphatic carbocycles. The Kier molecular flexibility index (Phi) is 11.7. The van der Waals surface area contributed by atoms with Gasteiger partial charge in [-0.15, -0.1) is 0 Å². The van der Waals surface area contributed by atoms with Crippen LogP contribution in [0.15, 0.2) is 18.2 Å². The third-order valence-corrected chi connectivity index (χ3v) is 6.01. The molecular formula is C28H47N3O4. The summed E-state index contributed by atoms with van der Waals surface area (Å²) in [4.78, 5) is 42.0. The first-order valence-electron chi connectivity index (χ1n) is 12.9. The molecule has 7 heteroatoms. The zero-order chi connectivity index (χ0) is 26.9. The lowest BCUT2D eigenvalue weighted by Gasteiger charge is -2.39. The van der Waals surface area contributed by atoms with E-state index in [4.69, 9.17) is 4.74 Å². The van der Waals surface area contributed by atoms with Crippen molar-refractivity contribution in [1.29, 1.82) is 0 Å². The Balaban J connectivity index is 3.54. The first kappa shape index (κ1) is 30.5. The third kappa shape index (κ3) is 9.19. The summed E-state index contributed by atoms with van der Waals surface area (Å²) in [5.74, 6) is -0.707. The molecule has 0 spiro atoms. The minimum atomic E-state index is -0.838. The van der Waals surface area contributed by atoms with Crippen molar-refractivity contribution in [2.24, 2.45) is 5.92 Å². The van der Waals surface area contributed by atoms with E-state index in [-0.39, 0.29) is 23.8 Å². The number of carbonyl (C=O) groups excluding carboxylic acids is 3. The van der Waals surface area contributed by atoms with Gasteiger partial charge in [0.1, 0.15) is 17.7 Å². The number of aryl methyl sites for hydroxylation is 2. The fourth-order valence-corrected chi connectivity index (χ4v) is 3.86. The number of carbonyl (C=O) groups is 3. The number of ether oxygens (including phenoxy) is 1. The van der Waals surface area contributed by atoms with E-state index in [0.717, 1.165) is 29.5 Å². The Labute approximate surface area is 212 Å². The molecule has 0 heterocycles. The summed E-state index contributed by atoms with van der Waals surface area (Å²) < 4.78 is 5.43. The van der Waals surface area contributed by atoms with Gasteiger partial charge in [0.25, 0.3) is 0 Å². The minimum absolute atomic E-state index is 0.205. The molecule has 0 bridgehead atoms. The lowest BCUT2D eigenvalue weighted by molar-refractivity contribution is -0.146. The van der Waals surface area contributed by atoms with Gasteiger partial charge in [0.2, 0.25) is 11.8 Å². The molecule has 1 aromatic carbocycles. The van der Waals surface area contributed by atoms with Gasteiger partial charge in [-0.1, -0.05) is 57.9 Å². The Bertz CT molecular complexity index is 860. The van der Waals surface area contributed by atoms with Gasteiger partial charge in [-0.2, -0.15) is 0 Å². The lowest BCUT2D eigenvalue weighted by Crippen LogP contribution is -2.57. The average molecular weight is 490 g/mol. The molecule has 198 valence electrons. The molecule has 7 nitrogen and oxygen atoms in total. The Morgan fingerprint density at radius 1 is 1.06 bits per heavy atom. The van der Waals surface area contributed by atoms with Crippen LogP contribution in [0.4, 0.5) is 4.79 Å². The molecule has 1 aromatic rings. The van der Waals surface area contributed by atoms with E-state index in [0.29, 0.717) is 13.0 Å². The SMILES string of the molecule is CCCCNC(=O)C(c1cc(C)ccc1C)N(C(=O)C(NC(=O)OC(C)(C)C)C(C)C)C(C)CC. The van der Waals surface area contributed by atoms with Gasteiger partial charge in [-0.25, -0.2) is 4.79 Å². The van der Waals surface area contributed by atoms with Crippen molar-refractivity contribution in [2.75, 3.05) is 6.54 Å². The fraction of sp³-hybridized carbons (Fsp3) is 0.679. The van der Waals surface area contributed by atoms with Gasteiger partial charge in [-0.05, 0) is 71.4 Å². The molecule has 3 unspecified atom stereocenters. The van der Waals surface area contributed by atoms with Crippen molar-refractivity contribution in [3.05, 3.63) is 34.9 Å². The van der Waals surface area contributed by atoms with Crippen LogP contribution in [0.25, 0.3) is 0 Å². The van der Waals surface area contributed by atoms with Crippen LogP contribution in [0.3, 0.4) is 0 Å². The summed E-state index contributed by atoms with van der Waals surface area (Å²) in [7, 11) is 0. The van der Waals surface area contributed by atoms with E-state index < -0.39 is 23.8 Å². The van der Waals surface area contributed by atoms with E-state index in [2.05, 4.69) is 17.6 Å². The van der Waals surface area contributed by atoms with Crippen molar-refractivity contribution in [3.8, 4) is 0 Å². The molecule has 0 aromatic heterocycles. The van der Waals surface area contributed by atoms with Gasteiger partial charge >= 0.3 is 6.09 Å². The average Bonchev–Trinajstić information content (AvgIpc) is 2.75. The quantitative estimate of drug-likeness (QED) is 0.405. The number of rotatable bonds is 11. The second-order valence-electron chi connectivity index (χ2n) is 10.8. The summed E-state index contributed by atoms with van der Waals surface area (Å²) >= 11 is 0. The number of unbranched alkanes of at least 4 members (excludes halogenated alkanes) is 1. The summed E-state index contributed by atoms with van der Waals surface area (Å²) in [6, 6.07) is 4.08. The zero-order valence-corrected chi connectivity index (χ0v) is 23.5. The smallest absolute Gasteiger partial charge is 0.408 e. The third-order valence-electron chi connectivity index (χ3n) is 6.01. The number of benzene rings is 1. The van der Waals surface area contributed by atoms with Crippen LogP contribution in [-0.4, -0.2) is 47.0 Å². The van der Waals surface area contributed by atoms with Crippen LogP contribution in [-0.2, 0) is 14.3 Å². The Morgan fingerprint density at radius 2 is 1.69 bits per heavy atom. The molecule has 0 aliphatic rings. The number of amides is 3. The Hall–Kier alpha value is -2.57. The highest BCUT2D eigenvalue weighted by Gasteiger charge is 2.40. The molecule has 0 aliphatic heterocycles. The van der Waals surface area contributed by atoms with E-state index in [1.807, 2.05) is 59.7 Å². The minimum Gasteiger partial charge on any atom is -0.444 e. The van der Waals surface area contributed by atoms with Gasteiger partial charge < -0.3 is 20.3 Å². The van der Waals surface area contributed by atoms with Crippen molar-refractivity contribution in [1.82, 2.24) is 15.5 Å². The predicted molar refractivity (Wildman–Crippen MR) is 141 cm³/mol. The van der Waals surface area contributed by atoms with Crippen molar-refractivity contribution >= 4 is 17.9 Å². The number of hydrogen-bond donors (Lipinski definition) is 2. The topological polar surface area (TPSA) is 87.7 Å². The molecule has 0 fully saturated rings. The molecule has 0 radical (unpaired) electrons. The van der Waals surface area contributed by atoms with Crippen molar-refractivity contribution < 1.29 is 19.1 Å². The predicted octanol–water partition coefficient (Wildman–Crippen LogP) is 5.44. The second kappa shape index (κ2) is 13.5. The molecule has 0 saturated heterocycles. The maximum absolute atomic E-state index is 14.1. The second-order valence-corrected chi connectivity index (χ2v) is 10.8. The monoisotopic (exact) mass is 489 g/mol. The number of nitrogens with one attached hydrogen (secondary N) is 2. The summed E-state index contributed by atoms with van der Waals surface area (Å²) in [6.45, 7) is 19.6. The molecule has 2 N–H and O–H groups in total. The molecule has 35 heavy (non-hydrogen) atoms. The highest BCUT2D eigenvalue weighted by molar-refractivity contribution is 5.92.